The van der Waals surface area contributed by atoms with Gasteiger partial charge < -0.3 is 4.74 Å². The summed E-state index contributed by atoms with van der Waals surface area (Å²) in [4.78, 5) is 11.3. The molecule has 0 aromatic carbocycles. The Bertz CT molecular complexity index is 520. The second-order valence-corrected chi connectivity index (χ2v) is 9.35. The van der Waals surface area contributed by atoms with Gasteiger partial charge in [-0.3, -0.25) is 4.79 Å². The first kappa shape index (κ1) is 16.7. The highest BCUT2D eigenvalue weighted by Crippen LogP contribution is 2.58. The maximum Gasteiger partial charge on any atom is 0.302 e. The van der Waals surface area contributed by atoms with Crippen molar-refractivity contribution < 1.29 is 9.53 Å². The van der Waals surface area contributed by atoms with E-state index in [1.807, 2.05) is 0 Å². The molecule has 0 spiro atoms. The van der Waals surface area contributed by atoms with Gasteiger partial charge in [-0.05, 0) is 86.4 Å². The van der Waals surface area contributed by atoms with Crippen molar-refractivity contribution in [2.45, 2.75) is 78.2 Å². The van der Waals surface area contributed by atoms with E-state index in [4.69, 9.17) is 4.74 Å². The zero-order valence-corrected chi connectivity index (χ0v) is 15.7. The molecule has 2 heteroatoms. The molecule has 0 radical (unpaired) electrons. The number of carbonyl (C=O) groups excluding carboxylic acids is 1. The molecule has 0 aliphatic heterocycles. The lowest BCUT2D eigenvalue weighted by Crippen LogP contribution is -2.42. The Labute approximate surface area is 147 Å². The minimum atomic E-state index is -0.112. The molecular weight excluding hydrogens is 296 g/mol. The Balaban J connectivity index is 1.48. The monoisotopic (exact) mass is 330 g/mol. The van der Waals surface area contributed by atoms with Gasteiger partial charge in [0.25, 0.3) is 0 Å². The average molecular weight is 331 g/mol. The number of hydrogen-bond donors (Lipinski definition) is 0. The SMILES string of the molecule is CC(=O)OC1CCC2C(=CCC3C2CCC2C(C(C)C)CCC23)C1. The Morgan fingerprint density at radius 3 is 2.50 bits per heavy atom. The van der Waals surface area contributed by atoms with Crippen LogP contribution in [0.4, 0.5) is 0 Å². The lowest BCUT2D eigenvalue weighted by atomic mass is 9.56. The standard InChI is InChI=1S/C22H34O2/c1-13(2)17-8-9-22-19(17)10-11-20-18-7-5-16(24-14(3)23)12-15(18)4-6-21(20)22/h4,13,16-22H,5-12H2,1-3H3. The van der Waals surface area contributed by atoms with Crippen molar-refractivity contribution in [2.24, 2.45) is 41.4 Å². The molecule has 134 valence electrons. The second kappa shape index (κ2) is 6.50. The van der Waals surface area contributed by atoms with Gasteiger partial charge >= 0.3 is 5.97 Å². The van der Waals surface area contributed by atoms with Gasteiger partial charge in [-0.15, -0.1) is 0 Å². The Morgan fingerprint density at radius 2 is 1.75 bits per heavy atom. The summed E-state index contributed by atoms with van der Waals surface area (Å²) in [6.07, 6.45) is 13.2. The van der Waals surface area contributed by atoms with Crippen LogP contribution >= 0.6 is 0 Å². The number of hydrogen-bond acceptors (Lipinski definition) is 2. The zero-order chi connectivity index (χ0) is 16.8. The van der Waals surface area contributed by atoms with Gasteiger partial charge in [0.2, 0.25) is 0 Å². The maximum atomic E-state index is 11.3. The van der Waals surface area contributed by atoms with Crippen molar-refractivity contribution in [2.75, 3.05) is 0 Å². The molecule has 4 rings (SSSR count). The van der Waals surface area contributed by atoms with Crippen LogP contribution in [-0.4, -0.2) is 12.1 Å². The van der Waals surface area contributed by atoms with Crippen LogP contribution in [0.25, 0.3) is 0 Å². The number of ether oxygens (including phenoxy) is 1. The van der Waals surface area contributed by atoms with Crippen molar-refractivity contribution in [3.05, 3.63) is 11.6 Å². The molecule has 4 aliphatic rings. The number of rotatable bonds is 2. The number of esters is 1. The number of carbonyl (C=O) groups is 1. The molecule has 0 bridgehead atoms. The van der Waals surface area contributed by atoms with Gasteiger partial charge in [0.1, 0.15) is 6.10 Å². The molecule has 0 N–H and O–H groups in total. The van der Waals surface area contributed by atoms with Crippen LogP contribution in [0.3, 0.4) is 0 Å². The van der Waals surface area contributed by atoms with Crippen LogP contribution in [0.2, 0.25) is 0 Å². The Kier molecular flexibility index (Phi) is 4.51. The third-order valence-corrected chi connectivity index (χ3v) is 7.96. The van der Waals surface area contributed by atoms with Crippen molar-refractivity contribution >= 4 is 5.97 Å². The van der Waals surface area contributed by atoms with E-state index in [-0.39, 0.29) is 12.1 Å². The smallest absolute Gasteiger partial charge is 0.302 e. The topological polar surface area (TPSA) is 26.3 Å². The fourth-order valence-corrected chi connectivity index (χ4v) is 7.10. The largest absolute Gasteiger partial charge is 0.462 e. The first-order valence-corrected chi connectivity index (χ1v) is 10.4. The molecule has 3 fully saturated rings. The normalized spacial score (nSPS) is 44.3. The van der Waals surface area contributed by atoms with Gasteiger partial charge in [-0.2, -0.15) is 0 Å². The van der Waals surface area contributed by atoms with E-state index < -0.39 is 0 Å². The van der Waals surface area contributed by atoms with Crippen LogP contribution in [0.1, 0.15) is 72.1 Å². The molecular formula is C22H34O2. The molecule has 0 aromatic rings. The van der Waals surface area contributed by atoms with E-state index in [1.165, 1.54) is 38.5 Å². The highest BCUT2D eigenvalue weighted by Gasteiger charge is 2.50. The molecule has 0 heterocycles. The highest BCUT2D eigenvalue weighted by molar-refractivity contribution is 5.66. The summed E-state index contributed by atoms with van der Waals surface area (Å²) in [5, 5.41) is 0. The maximum absolute atomic E-state index is 11.3. The van der Waals surface area contributed by atoms with Crippen molar-refractivity contribution in [1.82, 2.24) is 0 Å². The quantitative estimate of drug-likeness (QED) is 0.502. The van der Waals surface area contributed by atoms with Crippen LogP contribution in [0, 0.1) is 41.4 Å². The van der Waals surface area contributed by atoms with Crippen LogP contribution in [0.15, 0.2) is 11.6 Å². The van der Waals surface area contributed by atoms with E-state index in [0.29, 0.717) is 0 Å². The first-order valence-electron chi connectivity index (χ1n) is 10.4. The van der Waals surface area contributed by atoms with Crippen molar-refractivity contribution in [3.63, 3.8) is 0 Å². The van der Waals surface area contributed by atoms with E-state index >= 15 is 0 Å². The van der Waals surface area contributed by atoms with Gasteiger partial charge in [0.15, 0.2) is 0 Å². The summed E-state index contributed by atoms with van der Waals surface area (Å²) in [7, 11) is 0. The lowest BCUT2D eigenvalue weighted by molar-refractivity contribution is -0.147. The summed E-state index contributed by atoms with van der Waals surface area (Å²) < 4.78 is 5.51. The van der Waals surface area contributed by atoms with E-state index in [9.17, 15) is 4.79 Å². The molecule has 7 unspecified atom stereocenters. The van der Waals surface area contributed by atoms with E-state index in [1.54, 1.807) is 12.5 Å². The van der Waals surface area contributed by atoms with Crippen LogP contribution in [-0.2, 0) is 9.53 Å². The third kappa shape index (κ3) is 2.84. The fourth-order valence-electron chi connectivity index (χ4n) is 7.10. The summed E-state index contributed by atoms with van der Waals surface area (Å²) in [6, 6.07) is 0. The van der Waals surface area contributed by atoms with E-state index in [2.05, 4.69) is 19.9 Å². The predicted molar refractivity (Wildman–Crippen MR) is 96.4 cm³/mol. The summed E-state index contributed by atoms with van der Waals surface area (Å²) in [5.41, 5.74) is 1.63. The molecule has 0 amide bonds. The summed E-state index contributed by atoms with van der Waals surface area (Å²) in [6.45, 7) is 6.42. The predicted octanol–water partition coefficient (Wildman–Crippen LogP) is 5.37. The van der Waals surface area contributed by atoms with Gasteiger partial charge in [-0.25, -0.2) is 0 Å². The summed E-state index contributed by atoms with van der Waals surface area (Å²) >= 11 is 0. The first-order chi connectivity index (χ1) is 11.5. The Morgan fingerprint density at radius 1 is 1.00 bits per heavy atom. The van der Waals surface area contributed by atoms with Crippen molar-refractivity contribution in [3.8, 4) is 0 Å². The summed E-state index contributed by atoms with van der Waals surface area (Å²) in [5.74, 6) is 6.43. The van der Waals surface area contributed by atoms with Crippen LogP contribution < -0.4 is 0 Å². The molecule has 0 aromatic heterocycles. The molecule has 24 heavy (non-hydrogen) atoms. The van der Waals surface area contributed by atoms with Gasteiger partial charge in [-0.1, -0.05) is 25.5 Å². The lowest BCUT2D eigenvalue weighted by Gasteiger charge is -2.50. The second-order valence-electron chi connectivity index (χ2n) is 9.35. The third-order valence-electron chi connectivity index (χ3n) is 7.96. The highest BCUT2D eigenvalue weighted by atomic mass is 16.5. The fraction of sp³-hybridized carbons (Fsp3) is 0.864. The van der Waals surface area contributed by atoms with Crippen LogP contribution in [0.5, 0.6) is 0 Å². The Hall–Kier alpha value is -0.790. The molecule has 4 aliphatic carbocycles. The zero-order valence-electron chi connectivity index (χ0n) is 15.7. The van der Waals surface area contributed by atoms with Gasteiger partial charge in [0.05, 0.1) is 0 Å². The number of fused-ring (bicyclic) bond motifs is 5. The molecule has 0 saturated heterocycles. The van der Waals surface area contributed by atoms with Crippen molar-refractivity contribution in [1.29, 1.82) is 0 Å². The van der Waals surface area contributed by atoms with E-state index in [0.717, 1.165) is 54.3 Å². The minimum Gasteiger partial charge on any atom is -0.462 e. The average Bonchev–Trinajstić information content (AvgIpc) is 2.98. The number of allylic oxidation sites excluding steroid dienone is 1. The molecule has 2 nitrogen and oxygen atoms in total. The minimum absolute atomic E-state index is 0.112. The molecule has 3 saturated carbocycles. The molecule has 7 atom stereocenters. The van der Waals surface area contributed by atoms with Gasteiger partial charge in [0, 0.05) is 13.3 Å².